The van der Waals surface area contributed by atoms with Crippen LogP contribution in [0, 0.1) is 13.8 Å². The first-order valence-electron chi connectivity index (χ1n) is 4.85. The number of hydrogen-bond donors (Lipinski definition) is 0. The van der Waals surface area contributed by atoms with Crippen molar-refractivity contribution < 1.29 is 4.79 Å². The zero-order valence-corrected chi connectivity index (χ0v) is 10.1. The number of aryl methyl sites for hydroxylation is 2. The number of rotatable bonds is 2. The van der Waals surface area contributed by atoms with Crippen molar-refractivity contribution in [3.05, 3.63) is 28.5 Å². The summed E-state index contributed by atoms with van der Waals surface area (Å²) in [5.41, 5.74) is 1.75. The molecule has 2 heterocycles. The van der Waals surface area contributed by atoms with Crippen molar-refractivity contribution in [3.8, 4) is 10.8 Å². The van der Waals surface area contributed by atoms with Crippen LogP contribution in [0.3, 0.4) is 0 Å². The monoisotopic (exact) mass is 233 g/mol. The van der Waals surface area contributed by atoms with Crippen LogP contribution in [-0.4, -0.2) is 20.7 Å². The van der Waals surface area contributed by atoms with E-state index in [0.29, 0.717) is 15.7 Å². The molecule has 0 atom stereocenters. The standard InChI is InChI=1S/C11H11N3OS/c1-6-4-12-10(13-5-6)11-14-7(2)9(16-11)8(3)15/h4-5H,1-3H3. The molecule has 0 saturated carbocycles. The van der Waals surface area contributed by atoms with Gasteiger partial charge in [0.05, 0.1) is 10.6 Å². The van der Waals surface area contributed by atoms with Gasteiger partial charge in [-0.3, -0.25) is 4.79 Å². The van der Waals surface area contributed by atoms with Gasteiger partial charge in [0.2, 0.25) is 0 Å². The molecule has 0 radical (unpaired) electrons. The Morgan fingerprint density at radius 1 is 1.25 bits per heavy atom. The van der Waals surface area contributed by atoms with E-state index in [1.165, 1.54) is 11.3 Å². The lowest BCUT2D eigenvalue weighted by atomic mass is 10.3. The normalized spacial score (nSPS) is 10.4. The third-order valence-corrected chi connectivity index (χ3v) is 3.34. The first kappa shape index (κ1) is 10.9. The van der Waals surface area contributed by atoms with Crippen LogP contribution in [0.25, 0.3) is 10.8 Å². The zero-order valence-electron chi connectivity index (χ0n) is 9.31. The Hall–Kier alpha value is -1.62. The van der Waals surface area contributed by atoms with Gasteiger partial charge in [-0.25, -0.2) is 15.0 Å². The van der Waals surface area contributed by atoms with E-state index in [1.54, 1.807) is 19.3 Å². The van der Waals surface area contributed by atoms with Crippen LogP contribution in [0.5, 0.6) is 0 Å². The number of carbonyl (C=O) groups excluding carboxylic acids is 1. The van der Waals surface area contributed by atoms with E-state index in [-0.39, 0.29) is 5.78 Å². The zero-order chi connectivity index (χ0) is 11.7. The summed E-state index contributed by atoms with van der Waals surface area (Å²) in [6.45, 7) is 5.29. The molecule has 0 aromatic carbocycles. The SMILES string of the molecule is CC(=O)c1sc(-c2ncc(C)cn2)nc1C. The minimum Gasteiger partial charge on any atom is -0.294 e. The van der Waals surface area contributed by atoms with Gasteiger partial charge in [0.15, 0.2) is 16.6 Å². The molecule has 0 aliphatic heterocycles. The van der Waals surface area contributed by atoms with Crippen LogP contribution in [0.15, 0.2) is 12.4 Å². The fraction of sp³-hybridized carbons (Fsp3) is 0.273. The Morgan fingerprint density at radius 2 is 1.88 bits per heavy atom. The predicted octanol–water partition coefficient (Wildman–Crippen LogP) is 2.42. The number of Topliss-reactive ketones (excluding diaryl/α,β-unsaturated/α-hetero) is 1. The Bertz CT molecular complexity index is 531. The average Bonchev–Trinajstić information content (AvgIpc) is 2.61. The Balaban J connectivity index is 2.45. The van der Waals surface area contributed by atoms with Crippen molar-refractivity contribution in [1.29, 1.82) is 0 Å². The highest BCUT2D eigenvalue weighted by molar-refractivity contribution is 7.17. The highest BCUT2D eigenvalue weighted by Crippen LogP contribution is 2.25. The van der Waals surface area contributed by atoms with E-state index < -0.39 is 0 Å². The maximum absolute atomic E-state index is 11.3. The number of thiazole rings is 1. The lowest BCUT2D eigenvalue weighted by Gasteiger charge is -1.93. The summed E-state index contributed by atoms with van der Waals surface area (Å²) in [5, 5.41) is 0.697. The summed E-state index contributed by atoms with van der Waals surface area (Å²) >= 11 is 1.34. The van der Waals surface area contributed by atoms with Gasteiger partial charge in [-0.15, -0.1) is 11.3 Å². The Kier molecular flexibility index (Phi) is 2.78. The number of carbonyl (C=O) groups is 1. The second-order valence-corrected chi connectivity index (χ2v) is 4.57. The quantitative estimate of drug-likeness (QED) is 0.747. The second-order valence-electron chi connectivity index (χ2n) is 3.57. The molecule has 2 rings (SSSR count). The van der Waals surface area contributed by atoms with Gasteiger partial charge in [0, 0.05) is 19.3 Å². The van der Waals surface area contributed by atoms with Gasteiger partial charge in [-0.1, -0.05) is 0 Å². The van der Waals surface area contributed by atoms with Gasteiger partial charge in [0.1, 0.15) is 0 Å². The molecule has 2 aromatic rings. The molecule has 5 heteroatoms. The van der Waals surface area contributed by atoms with E-state index in [1.807, 2.05) is 13.8 Å². The first-order chi connectivity index (χ1) is 7.58. The van der Waals surface area contributed by atoms with Crippen LogP contribution >= 0.6 is 11.3 Å². The molecule has 0 saturated heterocycles. The largest absolute Gasteiger partial charge is 0.294 e. The van der Waals surface area contributed by atoms with Crippen LogP contribution in [0.4, 0.5) is 0 Å². The molecular formula is C11H11N3OS. The average molecular weight is 233 g/mol. The van der Waals surface area contributed by atoms with Crippen LogP contribution < -0.4 is 0 Å². The van der Waals surface area contributed by atoms with Crippen molar-refractivity contribution >= 4 is 17.1 Å². The summed E-state index contributed by atoms with van der Waals surface area (Å²) in [6, 6.07) is 0. The topological polar surface area (TPSA) is 55.7 Å². The minimum atomic E-state index is 0.0355. The molecular weight excluding hydrogens is 222 g/mol. The minimum absolute atomic E-state index is 0.0355. The molecule has 0 aliphatic rings. The summed E-state index contributed by atoms with van der Waals surface area (Å²) in [5.74, 6) is 0.611. The molecule has 4 nitrogen and oxygen atoms in total. The molecule has 2 aromatic heterocycles. The Labute approximate surface area is 97.4 Å². The number of ketones is 1. The van der Waals surface area contributed by atoms with Crippen molar-refractivity contribution in [1.82, 2.24) is 15.0 Å². The highest BCUT2D eigenvalue weighted by Gasteiger charge is 2.13. The van der Waals surface area contributed by atoms with E-state index >= 15 is 0 Å². The summed E-state index contributed by atoms with van der Waals surface area (Å²) in [7, 11) is 0. The lowest BCUT2D eigenvalue weighted by molar-refractivity contribution is 0.102. The molecule has 0 N–H and O–H groups in total. The van der Waals surface area contributed by atoms with E-state index in [0.717, 1.165) is 11.3 Å². The summed E-state index contributed by atoms with van der Waals surface area (Å²) < 4.78 is 0. The van der Waals surface area contributed by atoms with Crippen molar-refractivity contribution in [2.24, 2.45) is 0 Å². The van der Waals surface area contributed by atoms with Crippen molar-refractivity contribution in [3.63, 3.8) is 0 Å². The van der Waals surface area contributed by atoms with Crippen LogP contribution in [-0.2, 0) is 0 Å². The van der Waals surface area contributed by atoms with Gasteiger partial charge in [-0.2, -0.15) is 0 Å². The molecule has 0 aliphatic carbocycles. The number of nitrogens with zero attached hydrogens (tertiary/aromatic N) is 3. The maximum atomic E-state index is 11.3. The fourth-order valence-electron chi connectivity index (χ4n) is 1.32. The summed E-state index contributed by atoms with van der Waals surface area (Å²) in [6.07, 6.45) is 3.49. The molecule has 16 heavy (non-hydrogen) atoms. The molecule has 0 bridgehead atoms. The predicted molar refractivity (Wildman–Crippen MR) is 62.6 cm³/mol. The smallest absolute Gasteiger partial charge is 0.188 e. The number of aromatic nitrogens is 3. The lowest BCUT2D eigenvalue weighted by Crippen LogP contribution is -1.89. The van der Waals surface area contributed by atoms with Crippen LogP contribution in [0.1, 0.15) is 27.9 Å². The molecule has 0 fully saturated rings. The highest BCUT2D eigenvalue weighted by atomic mass is 32.1. The van der Waals surface area contributed by atoms with Crippen molar-refractivity contribution in [2.45, 2.75) is 20.8 Å². The van der Waals surface area contributed by atoms with Gasteiger partial charge in [0.25, 0.3) is 0 Å². The van der Waals surface area contributed by atoms with Crippen molar-refractivity contribution in [2.75, 3.05) is 0 Å². The molecule has 0 unspecified atom stereocenters. The van der Waals surface area contributed by atoms with Crippen LogP contribution in [0.2, 0.25) is 0 Å². The molecule has 82 valence electrons. The van der Waals surface area contributed by atoms with Gasteiger partial charge >= 0.3 is 0 Å². The van der Waals surface area contributed by atoms with Gasteiger partial charge < -0.3 is 0 Å². The fourth-order valence-corrected chi connectivity index (χ4v) is 2.23. The third-order valence-electron chi connectivity index (χ3n) is 2.09. The third kappa shape index (κ3) is 1.99. The summed E-state index contributed by atoms with van der Waals surface area (Å²) in [4.78, 5) is 24.7. The first-order valence-corrected chi connectivity index (χ1v) is 5.67. The molecule has 0 spiro atoms. The molecule has 0 amide bonds. The second kappa shape index (κ2) is 4.09. The maximum Gasteiger partial charge on any atom is 0.188 e. The van der Waals surface area contributed by atoms with E-state index in [4.69, 9.17) is 0 Å². The van der Waals surface area contributed by atoms with Gasteiger partial charge in [-0.05, 0) is 19.4 Å². The van der Waals surface area contributed by atoms with E-state index in [9.17, 15) is 4.79 Å². The Morgan fingerprint density at radius 3 is 2.38 bits per heavy atom. The van der Waals surface area contributed by atoms with E-state index in [2.05, 4.69) is 15.0 Å². The number of hydrogen-bond acceptors (Lipinski definition) is 5.